The topological polar surface area (TPSA) is 53.1 Å². The molecule has 0 fully saturated rings. The molecule has 0 aliphatic rings. The molecule has 3 heteroatoms. The third-order valence-corrected chi connectivity index (χ3v) is 4.33. The SMILES string of the molecule is Cc1ccc(C)c(-c2[nH]c3cc(C)cc(C)c3c2CC(=O)O)c1. The van der Waals surface area contributed by atoms with Gasteiger partial charge in [-0.2, -0.15) is 0 Å². The highest BCUT2D eigenvalue weighted by Gasteiger charge is 2.18. The standard InChI is InChI=1S/C20H21NO2/c1-11-5-6-13(3)15(8-11)20-16(10-18(22)23)19-14(4)7-12(2)9-17(19)21-20/h5-9,21H,10H2,1-4H3,(H,22,23). The van der Waals surface area contributed by atoms with E-state index in [9.17, 15) is 9.90 Å². The van der Waals surface area contributed by atoms with Crippen LogP contribution in [0.1, 0.15) is 27.8 Å². The van der Waals surface area contributed by atoms with Gasteiger partial charge in [0, 0.05) is 16.5 Å². The minimum atomic E-state index is -0.808. The van der Waals surface area contributed by atoms with Crippen LogP contribution in [-0.4, -0.2) is 16.1 Å². The van der Waals surface area contributed by atoms with E-state index >= 15 is 0 Å². The highest BCUT2D eigenvalue weighted by atomic mass is 16.4. The number of fused-ring (bicyclic) bond motifs is 1. The predicted molar refractivity (Wildman–Crippen MR) is 94.0 cm³/mol. The van der Waals surface area contributed by atoms with E-state index in [4.69, 9.17) is 0 Å². The number of hydrogen-bond donors (Lipinski definition) is 2. The lowest BCUT2D eigenvalue weighted by atomic mass is 9.96. The highest BCUT2D eigenvalue weighted by Crippen LogP contribution is 2.35. The molecule has 0 aliphatic carbocycles. The van der Waals surface area contributed by atoms with Crippen molar-refractivity contribution >= 4 is 16.9 Å². The largest absolute Gasteiger partial charge is 0.481 e. The first-order chi connectivity index (χ1) is 10.9. The van der Waals surface area contributed by atoms with Crippen LogP contribution in [0.3, 0.4) is 0 Å². The van der Waals surface area contributed by atoms with E-state index in [1.807, 2.05) is 6.92 Å². The van der Waals surface area contributed by atoms with Crippen molar-refractivity contribution in [3.8, 4) is 11.3 Å². The quantitative estimate of drug-likeness (QED) is 0.737. The molecule has 0 atom stereocenters. The van der Waals surface area contributed by atoms with E-state index in [-0.39, 0.29) is 6.42 Å². The molecule has 0 spiro atoms. The second-order valence-electron chi connectivity index (χ2n) is 6.37. The Morgan fingerprint density at radius 1 is 1.00 bits per heavy atom. The van der Waals surface area contributed by atoms with Crippen molar-refractivity contribution in [2.24, 2.45) is 0 Å². The molecule has 0 radical (unpaired) electrons. The van der Waals surface area contributed by atoms with Gasteiger partial charge in [-0.25, -0.2) is 0 Å². The maximum absolute atomic E-state index is 11.4. The fraction of sp³-hybridized carbons (Fsp3) is 0.250. The lowest BCUT2D eigenvalue weighted by Gasteiger charge is -2.08. The Morgan fingerprint density at radius 3 is 2.43 bits per heavy atom. The molecule has 3 rings (SSSR count). The maximum atomic E-state index is 11.4. The summed E-state index contributed by atoms with van der Waals surface area (Å²) in [5, 5.41) is 10.4. The number of carbonyl (C=O) groups is 1. The first-order valence-corrected chi connectivity index (χ1v) is 7.78. The third-order valence-electron chi connectivity index (χ3n) is 4.33. The molecule has 0 saturated carbocycles. The van der Waals surface area contributed by atoms with Gasteiger partial charge in [0.2, 0.25) is 0 Å². The molecule has 2 N–H and O–H groups in total. The van der Waals surface area contributed by atoms with Gasteiger partial charge in [-0.05, 0) is 62.1 Å². The molecule has 0 aliphatic heterocycles. The van der Waals surface area contributed by atoms with E-state index in [2.05, 4.69) is 56.1 Å². The highest BCUT2D eigenvalue weighted by molar-refractivity contribution is 5.96. The number of nitrogens with one attached hydrogen (secondary N) is 1. The number of benzene rings is 2. The molecule has 3 aromatic rings. The summed E-state index contributed by atoms with van der Waals surface area (Å²) >= 11 is 0. The third kappa shape index (κ3) is 2.74. The zero-order valence-electron chi connectivity index (χ0n) is 13.9. The van der Waals surface area contributed by atoms with Crippen molar-refractivity contribution in [2.75, 3.05) is 0 Å². The molecule has 23 heavy (non-hydrogen) atoms. The molecule has 0 saturated heterocycles. The number of carboxylic acid groups (broad SMARTS) is 1. The van der Waals surface area contributed by atoms with Gasteiger partial charge in [-0.15, -0.1) is 0 Å². The summed E-state index contributed by atoms with van der Waals surface area (Å²) in [6.45, 7) is 8.21. The molecule has 0 bridgehead atoms. The number of aromatic amines is 1. The summed E-state index contributed by atoms with van der Waals surface area (Å²) in [4.78, 5) is 14.9. The molecule has 0 unspecified atom stereocenters. The van der Waals surface area contributed by atoms with Crippen LogP contribution in [0.4, 0.5) is 0 Å². The Morgan fingerprint density at radius 2 is 1.74 bits per heavy atom. The van der Waals surface area contributed by atoms with Gasteiger partial charge >= 0.3 is 5.97 Å². The van der Waals surface area contributed by atoms with Gasteiger partial charge in [0.25, 0.3) is 0 Å². The minimum absolute atomic E-state index is 0.0205. The Labute approximate surface area is 136 Å². The van der Waals surface area contributed by atoms with Gasteiger partial charge in [-0.3, -0.25) is 4.79 Å². The molecule has 3 nitrogen and oxygen atoms in total. The predicted octanol–water partition coefficient (Wildman–Crippen LogP) is 4.70. The van der Waals surface area contributed by atoms with Crippen LogP contribution < -0.4 is 0 Å². The van der Waals surface area contributed by atoms with Crippen molar-refractivity contribution in [2.45, 2.75) is 34.1 Å². The number of aromatic nitrogens is 1. The first kappa shape index (κ1) is 15.3. The van der Waals surface area contributed by atoms with Crippen LogP contribution in [0.15, 0.2) is 30.3 Å². The Hall–Kier alpha value is -2.55. The number of aryl methyl sites for hydroxylation is 4. The van der Waals surface area contributed by atoms with Crippen molar-refractivity contribution in [3.05, 3.63) is 58.1 Å². The van der Waals surface area contributed by atoms with Crippen molar-refractivity contribution < 1.29 is 9.90 Å². The van der Waals surface area contributed by atoms with Crippen LogP contribution in [0.25, 0.3) is 22.2 Å². The van der Waals surface area contributed by atoms with Gasteiger partial charge in [0.1, 0.15) is 0 Å². The monoisotopic (exact) mass is 307 g/mol. The zero-order valence-corrected chi connectivity index (χ0v) is 13.9. The van der Waals surface area contributed by atoms with Crippen LogP contribution in [0, 0.1) is 27.7 Å². The molecule has 2 aromatic carbocycles. The number of aliphatic carboxylic acids is 1. The van der Waals surface area contributed by atoms with Crippen LogP contribution in [0.2, 0.25) is 0 Å². The Bertz CT molecular complexity index is 919. The van der Waals surface area contributed by atoms with Crippen LogP contribution in [0.5, 0.6) is 0 Å². The van der Waals surface area contributed by atoms with Crippen molar-refractivity contribution in [3.63, 3.8) is 0 Å². The summed E-state index contributed by atoms with van der Waals surface area (Å²) in [6.07, 6.45) is 0.0205. The molecular formula is C20H21NO2. The summed E-state index contributed by atoms with van der Waals surface area (Å²) < 4.78 is 0. The summed E-state index contributed by atoms with van der Waals surface area (Å²) in [5.41, 5.74) is 8.48. The van der Waals surface area contributed by atoms with Gasteiger partial charge in [-0.1, -0.05) is 23.8 Å². The van der Waals surface area contributed by atoms with Gasteiger partial charge in [0.05, 0.1) is 12.1 Å². The van der Waals surface area contributed by atoms with E-state index in [0.29, 0.717) is 0 Å². The lowest BCUT2D eigenvalue weighted by molar-refractivity contribution is -0.136. The average molecular weight is 307 g/mol. The summed E-state index contributed by atoms with van der Waals surface area (Å²) in [6, 6.07) is 10.5. The summed E-state index contributed by atoms with van der Waals surface area (Å²) in [7, 11) is 0. The Kier molecular flexibility index (Phi) is 3.72. The minimum Gasteiger partial charge on any atom is -0.481 e. The fourth-order valence-corrected chi connectivity index (χ4v) is 3.36. The maximum Gasteiger partial charge on any atom is 0.307 e. The second kappa shape index (κ2) is 5.58. The molecule has 1 heterocycles. The van der Waals surface area contributed by atoms with Crippen molar-refractivity contribution in [1.82, 2.24) is 4.98 Å². The van der Waals surface area contributed by atoms with Gasteiger partial charge in [0.15, 0.2) is 0 Å². The molecule has 0 amide bonds. The number of rotatable bonds is 3. The fourth-order valence-electron chi connectivity index (χ4n) is 3.36. The van der Waals surface area contributed by atoms with Gasteiger partial charge < -0.3 is 10.1 Å². The first-order valence-electron chi connectivity index (χ1n) is 7.78. The average Bonchev–Trinajstić information content (AvgIpc) is 2.79. The molecular weight excluding hydrogens is 286 g/mol. The van der Waals surface area contributed by atoms with Crippen LogP contribution >= 0.6 is 0 Å². The number of carboxylic acids is 1. The zero-order chi connectivity index (χ0) is 16.7. The normalized spacial score (nSPS) is 11.1. The second-order valence-corrected chi connectivity index (χ2v) is 6.37. The number of hydrogen-bond acceptors (Lipinski definition) is 1. The van der Waals surface area contributed by atoms with Crippen molar-refractivity contribution in [1.29, 1.82) is 0 Å². The van der Waals surface area contributed by atoms with E-state index in [1.54, 1.807) is 0 Å². The Balaban J connectivity index is 2.37. The smallest absolute Gasteiger partial charge is 0.307 e. The van der Waals surface area contributed by atoms with E-state index in [1.165, 1.54) is 11.1 Å². The number of H-pyrrole nitrogens is 1. The summed E-state index contributed by atoms with van der Waals surface area (Å²) in [5.74, 6) is -0.808. The van der Waals surface area contributed by atoms with Crippen LogP contribution in [-0.2, 0) is 11.2 Å². The lowest BCUT2D eigenvalue weighted by Crippen LogP contribution is -2.02. The van der Waals surface area contributed by atoms with E-state index < -0.39 is 5.97 Å². The van der Waals surface area contributed by atoms with E-state index in [0.717, 1.165) is 38.9 Å². The molecule has 1 aromatic heterocycles. The molecule has 118 valence electrons.